The topological polar surface area (TPSA) is 29.1 Å². The molecule has 1 rings (SSSR count). The van der Waals surface area contributed by atoms with Crippen molar-refractivity contribution in [2.45, 2.75) is 33.1 Å². The van der Waals surface area contributed by atoms with Crippen LogP contribution >= 0.6 is 0 Å². The maximum Gasteiger partial charge on any atom is 0.222 e. The lowest BCUT2D eigenvalue weighted by molar-refractivity contribution is -0.124. The molecule has 0 bridgehead atoms. The molecule has 0 fully saturated rings. The molecule has 1 N–H and O–H groups in total. The Bertz CT molecular complexity index is 196. The van der Waals surface area contributed by atoms with E-state index in [4.69, 9.17) is 0 Å². The van der Waals surface area contributed by atoms with E-state index in [0.717, 1.165) is 13.0 Å². The highest BCUT2D eigenvalue weighted by Crippen LogP contribution is 2.16. The van der Waals surface area contributed by atoms with Gasteiger partial charge >= 0.3 is 0 Å². The largest absolute Gasteiger partial charge is 0.356 e. The minimum absolute atomic E-state index is 0.110. The fourth-order valence-electron chi connectivity index (χ4n) is 1.49. The molecule has 1 aliphatic carbocycles. The summed E-state index contributed by atoms with van der Waals surface area (Å²) in [4.78, 5) is 11.3. The summed E-state index contributed by atoms with van der Waals surface area (Å²) >= 11 is 0. The molecule has 0 aliphatic heterocycles. The second-order valence-electron chi connectivity index (χ2n) is 4.05. The maximum atomic E-state index is 11.3. The fourth-order valence-corrected chi connectivity index (χ4v) is 1.49. The monoisotopic (exact) mass is 181 g/mol. The first-order valence-corrected chi connectivity index (χ1v) is 5.13. The van der Waals surface area contributed by atoms with Crippen LogP contribution in [0.3, 0.4) is 0 Å². The minimum atomic E-state index is 0.110. The van der Waals surface area contributed by atoms with E-state index in [2.05, 4.69) is 17.5 Å². The van der Waals surface area contributed by atoms with Crippen LogP contribution in [-0.2, 0) is 4.79 Å². The smallest absolute Gasteiger partial charge is 0.222 e. The molecular formula is C11H19NO. The molecule has 1 aliphatic rings. The number of carbonyl (C=O) groups is 1. The molecule has 0 aromatic carbocycles. The molecule has 0 aromatic heterocycles. The second-order valence-corrected chi connectivity index (χ2v) is 4.05. The summed E-state index contributed by atoms with van der Waals surface area (Å²) in [5, 5.41) is 2.98. The number of allylic oxidation sites excluding steroid dienone is 2. The Balaban J connectivity index is 2.18. The molecular weight excluding hydrogens is 162 g/mol. The van der Waals surface area contributed by atoms with Crippen LogP contribution in [0.15, 0.2) is 12.2 Å². The van der Waals surface area contributed by atoms with Crippen molar-refractivity contribution in [1.29, 1.82) is 0 Å². The SMILES string of the molecule is CC(C)C(=O)NCC1CC=CCC1. The maximum absolute atomic E-state index is 11.3. The highest BCUT2D eigenvalue weighted by atomic mass is 16.1. The van der Waals surface area contributed by atoms with Crippen molar-refractivity contribution in [2.75, 3.05) is 6.54 Å². The van der Waals surface area contributed by atoms with Crippen molar-refractivity contribution < 1.29 is 4.79 Å². The van der Waals surface area contributed by atoms with Crippen molar-refractivity contribution in [2.24, 2.45) is 11.8 Å². The lowest BCUT2D eigenvalue weighted by atomic mass is 9.94. The van der Waals surface area contributed by atoms with Crippen LogP contribution in [0.25, 0.3) is 0 Å². The number of nitrogens with one attached hydrogen (secondary N) is 1. The third-order valence-electron chi connectivity index (χ3n) is 2.47. The van der Waals surface area contributed by atoms with Crippen LogP contribution in [0.4, 0.5) is 0 Å². The normalized spacial score (nSPS) is 21.9. The van der Waals surface area contributed by atoms with Gasteiger partial charge in [-0.05, 0) is 25.2 Å². The van der Waals surface area contributed by atoms with E-state index in [0.29, 0.717) is 5.92 Å². The molecule has 0 radical (unpaired) electrons. The molecule has 74 valence electrons. The van der Waals surface area contributed by atoms with Gasteiger partial charge in [-0.1, -0.05) is 26.0 Å². The summed E-state index contributed by atoms with van der Waals surface area (Å²) in [7, 11) is 0. The lowest BCUT2D eigenvalue weighted by Crippen LogP contribution is -2.32. The van der Waals surface area contributed by atoms with Gasteiger partial charge in [-0.2, -0.15) is 0 Å². The summed E-state index contributed by atoms with van der Waals surface area (Å²) in [5.41, 5.74) is 0. The number of rotatable bonds is 3. The molecule has 1 amide bonds. The van der Waals surface area contributed by atoms with Gasteiger partial charge in [0.1, 0.15) is 0 Å². The lowest BCUT2D eigenvalue weighted by Gasteiger charge is -2.18. The van der Waals surface area contributed by atoms with E-state index >= 15 is 0 Å². The van der Waals surface area contributed by atoms with E-state index in [1.165, 1.54) is 12.8 Å². The molecule has 2 nitrogen and oxygen atoms in total. The Morgan fingerprint density at radius 3 is 2.85 bits per heavy atom. The van der Waals surface area contributed by atoms with Crippen LogP contribution < -0.4 is 5.32 Å². The quantitative estimate of drug-likeness (QED) is 0.664. The third-order valence-corrected chi connectivity index (χ3v) is 2.47. The van der Waals surface area contributed by atoms with Crippen molar-refractivity contribution in [1.82, 2.24) is 5.32 Å². The van der Waals surface area contributed by atoms with E-state index in [1.54, 1.807) is 0 Å². The summed E-state index contributed by atoms with van der Waals surface area (Å²) in [6.07, 6.45) is 7.95. The summed E-state index contributed by atoms with van der Waals surface area (Å²) < 4.78 is 0. The molecule has 2 heteroatoms. The van der Waals surface area contributed by atoms with Crippen LogP contribution in [0.2, 0.25) is 0 Å². The van der Waals surface area contributed by atoms with Crippen LogP contribution in [0.1, 0.15) is 33.1 Å². The van der Waals surface area contributed by atoms with Crippen molar-refractivity contribution in [3.05, 3.63) is 12.2 Å². The zero-order valence-corrected chi connectivity index (χ0v) is 8.55. The third kappa shape index (κ3) is 3.62. The van der Waals surface area contributed by atoms with Crippen LogP contribution in [0.5, 0.6) is 0 Å². The van der Waals surface area contributed by atoms with E-state index < -0.39 is 0 Å². The Morgan fingerprint density at radius 2 is 2.31 bits per heavy atom. The molecule has 13 heavy (non-hydrogen) atoms. The minimum Gasteiger partial charge on any atom is -0.356 e. The Morgan fingerprint density at radius 1 is 1.54 bits per heavy atom. The highest BCUT2D eigenvalue weighted by molar-refractivity contribution is 5.77. The average Bonchev–Trinajstić information content (AvgIpc) is 2.15. The standard InChI is InChI=1S/C11H19NO/c1-9(2)11(13)12-8-10-6-4-3-5-7-10/h3-4,9-10H,5-8H2,1-2H3,(H,12,13). The number of hydrogen-bond donors (Lipinski definition) is 1. The molecule has 0 spiro atoms. The molecule has 1 unspecified atom stereocenters. The van der Waals surface area contributed by atoms with Crippen molar-refractivity contribution >= 4 is 5.91 Å². The van der Waals surface area contributed by atoms with E-state index in [-0.39, 0.29) is 11.8 Å². The summed E-state index contributed by atoms with van der Waals surface area (Å²) in [5.74, 6) is 0.946. The fraction of sp³-hybridized carbons (Fsp3) is 0.727. The molecule has 0 aromatic rings. The van der Waals surface area contributed by atoms with Gasteiger partial charge in [0.2, 0.25) is 5.91 Å². The van der Waals surface area contributed by atoms with E-state index in [9.17, 15) is 4.79 Å². The Kier molecular flexibility index (Phi) is 4.00. The Labute approximate surface area is 80.4 Å². The highest BCUT2D eigenvalue weighted by Gasteiger charge is 2.12. The van der Waals surface area contributed by atoms with Gasteiger partial charge in [-0.3, -0.25) is 4.79 Å². The summed E-state index contributed by atoms with van der Waals surface area (Å²) in [6.45, 7) is 4.70. The average molecular weight is 181 g/mol. The van der Waals surface area contributed by atoms with Gasteiger partial charge < -0.3 is 5.32 Å². The Hall–Kier alpha value is -0.790. The van der Waals surface area contributed by atoms with Crippen molar-refractivity contribution in [3.8, 4) is 0 Å². The number of amides is 1. The van der Waals surface area contributed by atoms with Gasteiger partial charge in [-0.25, -0.2) is 0 Å². The van der Waals surface area contributed by atoms with E-state index in [1.807, 2.05) is 13.8 Å². The van der Waals surface area contributed by atoms with Crippen LogP contribution in [-0.4, -0.2) is 12.5 Å². The predicted octanol–water partition coefficient (Wildman–Crippen LogP) is 2.11. The first-order chi connectivity index (χ1) is 6.20. The van der Waals surface area contributed by atoms with Gasteiger partial charge in [-0.15, -0.1) is 0 Å². The van der Waals surface area contributed by atoms with Crippen molar-refractivity contribution in [3.63, 3.8) is 0 Å². The zero-order chi connectivity index (χ0) is 9.68. The first kappa shape index (κ1) is 10.3. The van der Waals surface area contributed by atoms with Gasteiger partial charge in [0.15, 0.2) is 0 Å². The molecule has 0 saturated heterocycles. The first-order valence-electron chi connectivity index (χ1n) is 5.13. The zero-order valence-electron chi connectivity index (χ0n) is 8.55. The van der Waals surface area contributed by atoms with Crippen LogP contribution in [0, 0.1) is 11.8 Å². The van der Waals surface area contributed by atoms with Gasteiger partial charge in [0.25, 0.3) is 0 Å². The number of carbonyl (C=O) groups excluding carboxylic acids is 1. The summed E-state index contributed by atoms with van der Waals surface area (Å²) in [6, 6.07) is 0. The number of hydrogen-bond acceptors (Lipinski definition) is 1. The predicted molar refractivity (Wildman–Crippen MR) is 54.3 cm³/mol. The van der Waals surface area contributed by atoms with Gasteiger partial charge in [0.05, 0.1) is 0 Å². The van der Waals surface area contributed by atoms with Gasteiger partial charge in [0, 0.05) is 12.5 Å². The molecule has 0 heterocycles. The second kappa shape index (κ2) is 5.05. The molecule has 1 atom stereocenters. The molecule has 0 saturated carbocycles.